The molecule has 0 saturated carbocycles. The van der Waals surface area contributed by atoms with E-state index in [1.54, 1.807) is 23.0 Å². The maximum Gasteiger partial charge on any atom is 0.240 e. The molecule has 0 atom stereocenters. The summed E-state index contributed by atoms with van der Waals surface area (Å²) < 4.78 is 7.40. The lowest BCUT2D eigenvalue weighted by Crippen LogP contribution is -2.27. The van der Waals surface area contributed by atoms with E-state index >= 15 is 0 Å². The number of benzene rings is 1. The van der Waals surface area contributed by atoms with Gasteiger partial charge in [0.1, 0.15) is 12.3 Å². The predicted molar refractivity (Wildman–Crippen MR) is 95.6 cm³/mol. The number of aromatic nitrogens is 3. The molecule has 0 aliphatic rings. The van der Waals surface area contributed by atoms with E-state index in [0.29, 0.717) is 17.1 Å². The van der Waals surface area contributed by atoms with Crippen LogP contribution >= 0.6 is 23.6 Å². The van der Waals surface area contributed by atoms with Crippen LogP contribution in [0.5, 0.6) is 5.75 Å². The molecule has 6 nitrogen and oxygen atoms in total. The maximum atomic E-state index is 12.3. The molecular weight excluding hydrogens is 344 g/mol. The zero-order chi connectivity index (χ0) is 16.9. The molecule has 3 aromatic rings. The highest BCUT2D eigenvalue weighted by Crippen LogP contribution is 2.22. The van der Waals surface area contributed by atoms with E-state index in [4.69, 9.17) is 17.0 Å². The topological polar surface area (TPSA) is 71.9 Å². The van der Waals surface area contributed by atoms with Gasteiger partial charge in [-0.05, 0) is 29.7 Å². The van der Waals surface area contributed by atoms with Crippen LogP contribution in [0.4, 0.5) is 0 Å². The molecule has 1 amide bonds. The summed E-state index contributed by atoms with van der Waals surface area (Å²) in [6.07, 6.45) is 0. The van der Waals surface area contributed by atoms with Gasteiger partial charge in [-0.25, -0.2) is 0 Å². The molecule has 0 radical (unpaired) electrons. The van der Waals surface area contributed by atoms with Crippen LogP contribution in [0.15, 0.2) is 41.8 Å². The predicted octanol–water partition coefficient (Wildman–Crippen LogP) is 2.99. The summed E-state index contributed by atoms with van der Waals surface area (Å²) in [6, 6.07) is 11.5. The van der Waals surface area contributed by atoms with Gasteiger partial charge in [0, 0.05) is 12.1 Å². The zero-order valence-corrected chi connectivity index (χ0v) is 14.6. The Bertz CT molecular complexity index is 884. The first-order valence-electron chi connectivity index (χ1n) is 7.26. The van der Waals surface area contributed by atoms with Crippen molar-refractivity contribution >= 4 is 29.5 Å². The van der Waals surface area contributed by atoms with Crippen LogP contribution in [-0.2, 0) is 17.9 Å². The molecule has 0 aliphatic heterocycles. The van der Waals surface area contributed by atoms with Gasteiger partial charge < -0.3 is 10.1 Å². The van der Waals surface area contributed by atoms with Crippen molar-refractivity contribution in [1.29, 1.82) is 0 Å². The van der Waals surface area contributed by atoms with Gasteiger partial charge in [0.2, 0.25) is 5.91 Å². The standard InChI is InChI=1S/C16H16N4O2S2/c1-22-12-6-3-2-5-11(12)9-17-14(21)10-20-15(18-19-16(20)23)13-7-4-8-24-13/h2-8H,9-10H2,1H3,(H,17,21)(H,19,23). The molecular formula is C16H16N4O2S2. The number of ether oxygens (including phenoxy) is 1. The lowest BCUT2D eigenvalue weighted by Gasteiger charge is -2.10. The van der Waals surface area contributed by atoms with Crippen LogP contribution < -0.4 is 10.1 Å². The second kappa shape index (κ2) is 7.41. The van der Waals surface area contributed by atoms with Crippen molar-refractivity contribution in [2.24, 2.45) is 0 Å². The van der Waals surface area contributed by atoms with Crippen LogP contribution in [-0.4, -0.2) is 27.8 Å². The number of carbonyl (C=O) groups is 1. The molecule has 8 heteroatoms. The number of hydrogen-bond donors (Lipinski definition) is 2. The maximum absolute atomic E-state index is 12.3. The van der Waals surface area contributed by atoms with Crippen molar-refractivity contribution in [2.45, 2.75) is 13.1 Å². The third-order valence-corrected chi connectivity index (χ3v) is 4.65. The van der Waals surface area contributed by atoms with Crippen molar-refractivity contribution in [2.75, 3.05) is 7.11 Å². The number of methoxy groups -OCH3 is 1. The Morgan fingerprint density at radius 2 is 2.21 bits per heavy atom. The van der Waals surface area contributed by atoms with Crippen molar-refractivity contribution < 1.29 is 9.53 Å². The number of rotatable bonds is 6. The Morgan fingerprint density at radius 1 is 1.38 bits per heavy atom. The SMILES string of the molecule is COc1ccccc1CNC(=O)Cn1c(-c2cccs2)n[nH]c1=S. The Balaban J connectivity index is 1.70. The quantitative estimate of drug-likeness (QED) is 0.663. The number of nitrogens with zero attached hydrogens (tertiary/aromatic N) is 2. The molecule has 2 N–H and O–H groups in total. The van der Waals surface area contributed by atoms with E-state index in [1.165, 1.54) is 0 Å². The van der Waals surface area contributed by atoms with E-state index in [9.17, 15) is 4.79 Å². The second-order valence-corrected chi connectivity index (χ2v) is 6.34. The van der Waals surface area contributed by atoms with Crippen LogP contribution in [0, 0.1) is 4.77 Å². The van der Waals surface area contributed by atoms with Gasteiger partial charge in [-0.1, -0.05) is 24.3 Å². The minimum Gasteiger partial charge on any atom is -0.496 e. The Hall–Kier alpha value is -2.45. The number of carbonyl (C=O) groups excluding carboxylic acids is 1. The fraction of sp³-hybridized carbons (Fsp3) is 0.188. The van der Waals surface area contributed by atoms with E-state index in [-0.39, 0.29) is 12.5 Å². The number of H-pyrrole nitrogens is 1. The first-order valence-corrected chi connectivity index (χ1v) is 8.55. The number of thiophene rings is 1. The van der Waals surface area contributed by atoms with Gasteiger partial charge >= 0.3 is 0 Å². The van der Waals surface area contributed by atoms with Gasteiger partial charge in [-0.3, -0.25) is 14.5 Å². The summed E-state index contributed by atoms with van der Waals surface area (Å²) in [6.45, 7) is 0.500. The number of hydrogen-bond acceptors (Lipinski definition) is 5. The highest BCUT2D eigenvalue weighted by Gasteiger charge is 2.13. The van der Waals surface area contributed by atoms with Crippen molar-refractivity contribution in [3.05, 3.63) is 52.1 Å². The lowest BCUT2D eigenvalue weighted by atomic mass is 10.2. The number of aromatic amines is 1. The molecule has 124 valence electrons. The minimum atomic E-state index is -0.142. The molecule has 0 aliphatic carbocycles. The van der Waals surface area contributed by atoms with Crippen LogP contribution in [0.2, 0.25) is 0 Å². The summed E-state index contributed by atoms with van der Waals surface area (Å²) in [7, 11) is 1.61. The molecule has 0 bridgehead atoms. The molecule has 2 aromatic heterocycles. The summed E-state index contributed by atoms with van der Waals surface area (Å²) in [5, 5.41) is 11.8. The number of para-hydroxylation sites is 1. The smallest absolute Gasteiger partial charge is 0.240 e. The Morgan fingerprint density at radius 3 is 2.96 bits per heavy atom. The highest BCUT2D eigenvalue weighted by molar-refractivity contribution is 7.71. The number of amides is 1. The third-order valence-electron chi connectivity index (χ3n) is 3.47. The second-order valence-electron chi connectivity index (χ2n) is 5.00. The van der Waals surface area contributed by atoms with Gasteiger partial charge in [-0.2, -0.15) is 5.10 Å². The van der Waals surface area contributed by atoms with Crippen molar-refractivity contribution in [1.82, 2.24) is 20.1 Å². The largest absolute Gasteiger partial charge is 0.496 e. The minimum absolute atomic E-state index is 0.109. The summed E-state index contributed by atoms with van der Waals surface area (Å²) >= 11 is 6.78. The fourth-order valence-electron chi connectivity index (χ4n) is 2.30. The van der Waals surface area contributed by atoms with Crippen LogP contribution in [0.3, 0.4) is 0 Å². The monoisotopic (exact) mass is 360 g/mol. The Labute approximate surface area is 148 Å². The molecule has 0 saturated heterocycles. The van der Waals surface area contributed by atoms with Gasteiger partial charge in [0.05, 0.1) is 12.0 Å². The normalized spacial score (nSPS) is 10.5. The van der Waals surface area contributed by atoms with Crippen LogP contribution in [0.25, 0.3) is 10.7 Å². The summed E-state index contributed by atoms with van der Waals surface area (Å²) in [5.41, 5.74) is 0.919. The molecule has 3 rings (SSSR count). The highest BCUT2D eigenvalue weighted by atomic mass is 32.1. The average molecular weight is 360 g/mol. The van der Waals surface area contributed by atoms with E-state index < -0.39 is 0 Å². The van der Waals surface area contributed by atoms with Crippen LogP contribution in [0.1, 0.15) is 5.56 Å². The van der Waals surface area contributed by atoms with E-state index in [2.05, 4.69) is 15.5 Å². The van der Waals surface area contributed by atoms with Gasteiger partial charge in [-0.15, -0.1) is 11.3 Å². The fourth-order valence-corrected chi connectivity index (χ4v) is 3.22. The molecule has 0 fully saturated rings. The first kappa shape index (κ1) is 16.4. The molecule has 0 spiro atoms. The van der Waals surface area contributed by atoms with Gasteiger partial charge in [0.25, 0.3) is 0 Å². The lowest BCUT2D eigenvalue weighted by molar-refractivity contribution is -0.121. The average Bonchev–Trinajstić information content (AvgIpc) is 3.24. The first-order chi connectivity index (χ1) is 11.7. The van der Waals surface area contributed by atoms with Gasteiger partial charge in [0.15, 0.2) is 10.6 Å². The molecule has 1 aromatic carbocycles. The summed E-state index contributed by atoms with van der Waals surface area (Å²) in [4.78, 5) is 13.3. The number of nitrogens with one attached hydrogen (secondary N) is 2. The van der Waals surface area contributed by atoms with E-state index in [0.717, 1.165) is 16.2 Å². The zero-order valence-electron chi connectivity index (χ0n) is 13.0. The summed E-state index contributed by atoms with van der Waals surface area (Å²) in [5.74, 6) is 1.27. The van der Waals surface area contributed by atoms with Crippen molar-refractivity contribution in [3.63, 3.8) is 0 Å². The Kier molecular flexibility index (Phi) is 5.07. The molecule has 0 unspecified atom stereocenters. The molecule has 2 heterocycles. The third kappa shape index (κ3) is 3.55. The molecule has 24 heavy (non-hydrogen) atoms. The van der Waals surface area contributed by atoms with E-state index in [1.807, 2.05) is 41.8 Å². The van der Waals surface area contributed by atoms with Crippen molar-refractivity contribution in [3.8, 4) is 16.5 Å².